The lowest BCUT2D eigenvalue weighted by Crippen LogP contribution is -2.26. The van der Waals surface area contributed by atoms with Gasteiger partial charge >= 0.3 is 0 Å². The van der Waals surface area contributed by atoms with Gasteiger partial charge in [0.25, 0.3) is 0 Å². The Bertz CT molecular complexity index is 420. The van der Waals surface area contributed by atoms with Crippen LogP contribution in [0.3, 0.4) is 0 Å². The molecule has 0 unspecified atom stereocenters. The third-order valence-corrected chi connectivity index (χ3v) is 5.81. The molecule has 5 nitrogen and oxygen atoms in total. The first-order valence-electron chi connectivity index (χ1n) is 8.61. The van der Waals surface area contributed by atoms with Crippen molar-refractivity contribution in [3.8, 4) is 5.75 Å². The molecule has 1 aliphatic rings. The van der Waals surface area contributed by atoms with Crippen LogP contribution < -0.4 is 4.74 Å². The molecule has 1 aromatic rings. The SMILES string of the molecule is CCOCCOCCOCCOc1ccc([S+]2CCOCC2)cc1. The van der Waals surface area contributed by atoms with Crippen LogP contribution in [-0.2, 0) is 29.8 Å². The summed E-state index contributed by atoms with van der Waals surface area (Å²) in [6, 6.07) is 8.46. The minimum absolute atomic E-state index is 0.341. The highest BCUT2D eigenvalue weighted by Crippen LogP contribution is 2.20. The number of hydrogen-bond donors (Lipinski definition) is 0. The summed E-state index contributed by atoms with van der Waals surface area (Å²) < 4.78 is 27.1. The maximum atomic E-state index is 5.70. The largest absolute Gasteiger partial charge is 0.491 e. The van der Waals surface area contributed by atoms with Gasteiger partial charge in [-0.3, -0.25) is 0 Å². The minimum atomic E-state index is 0.341. The van der Waals surface area contributed by atoms with E-state index in [9.17, 15) is 0 Å². The molecule has 24 heavy (non-hydrogen) atoms. The summed E-state index contributed by atoms with van der Waals surface area (Å²) in [5, 5.41) is 0. The second-order valence-corrected chi connectivity index (χ2v) is 7.53. The minimum Gasteiger partial charge on any atom is -0.491 e. The summed E-state index contributed by atoms with van der Waals surface area (Å²) >= 11 is 0. The van der Waals surface area contributed by atoms with Gasteiger partial charge in [0.15, 0.2) is 4.90 Å². The molecule has 2 rings (SSSR count). The Morgan fingerprint density at radius 1 is 0.833 bits per heavy atom. The van der Waals surface area contributed by atoms with Gasteiger partial charge in [0.05, 0.1) is 46.2 Å². The van der Waals surface area contributed by atoms with Crippen LogP contribution in [0.1, 0.15) is 6.92 Å². The van der Waals surface area contributed by atoms with Gasteiger partial charge in [0.1, 0.15) is 23.9 Å². The van der Waals surface area contributed by atoms with Crippen LogP contribution in [-0.4, -0.2) is 71.0 Å². The van der Waals surface area contributed by atoms with E-state index in [1.807, 2.05) is 6.92 Å². The molecule has 6 heteroatoms. The van der Waals surface area contributed by atoms with Gasteiger partial charge in [-0.1, -0.05) is 0 Å². The van der Waals surface area contributed by atoms with Gasteiger partial charge < -0.3 is 23.7 Å². The summed E-state index contributed by atoms with van der Waals surface area (Å²) in [6.45, 7) is 8.03. The first-order valence-corrected chi connectivity index (χ1v) is 10.2. The number of ether oxygens (including phenoxy) is 5. The van der Waals surface area contributed by atoms with E-state index in [1.54, 1.807) is 0 Å². The highest BCUT2D eigenvalue weighted by molar-refractivity contribution is 7.97. The van der Waals surface area contributed by atoms with Gasteiger partial charge in [-0.15, -0.1) is 0 Å². The molecule has 0 spiro atoms. The van der Waals surface area contributed by atoms with Gasteiger partial charge in [-0.05, 0) is 31.2 Å². The first kappa shape index (κ1) is 19.5. The van der Waals surface area contributed by atoms with E-state index in [-0.39, 0.29) is 0 Å². The van der Waals surface area contributed by atoms with Crippen molar-refractivity contribution in [2.24, 2.45) is 0 Å². The Balaban J connectivity index is 1.50. The third kappa shape index (κ3) is 7.85. The summed E-state index contributed by atoms with van der Waals surface area (Å²) in [5.74, 6) is 3.17. The summed E-state index contributed by atoms with van der Waals surface area (Å²) in [4.78, 5) is 1.41. The standard InChI is InChI=1S/C18H29O5S/c1-2-19-7-8-20-9-10-21-11-12-23-17-3-5-18(6-4-17)24-15-13-22-14-16-24/h3-6H,2,7-16H2,1H3/q+1. The van der Waals surface area contributed by atoms with E-state index >= 15 is 0 Å². The Labute approximate surface area is 147 Å². The Morgan fingerprint density at radius 3 is 2.04 bits per heavy atom. The van der Waals surface area contributed by atoms with Crippen LogP contribution in [0.25, 0.3) is 0 Å². The zero-order valence-corrected chi connectivity index (χ0v) is 15.4. The van der Waals surface area contributed by atoms with Crippen LogP contribution in [0.5, 0.6) is 5.75 Å². The van der Waals surface area contributed by atoms with Crippen molar-refractivity contribution in [2.45, 2.75) is 11.8 Å². The fourth-order valence-electron chi connectivity index (χ4n) is 2.29. The highest BCUT2D eigenvalue weighted by atomic mass is 32.2. The van der Waals surface area contributed by atoms with Gasteiger partial charge in [-0.25, -0.2) is 0 Å². The first-order chi connectivity index (χ1) is 11.9. The van der Waals surface area contributed by atoms with Crippen LogP contribution in [0.4, 0.5) is 0 Å². The lowest BCUT2D eigenvalue weighted by Gasteiger charge is -2.14. The summed E-state index contributed by atoms with van der Waals surface area (Å²) in [6.07, 6.45) is 0. The van der Waals surface area contributed by atoms with E-state index < -0.39 is 0 Å². The average molecular weight is 357 g/mol. The van der Waals surface area contributed by atoms with Gasteiger partial charge in [-0.2, -0.15) is 0 Å². The molecule has 0 aliphatic carbocycles. The maximum absolute atomic E-state index is 5.70. The molecule has 0 amide bonds. The molecule has 0 bridgehead atoms. The lowest BCUT2D eigenvalue weighted by atomic mass is 10.3. The van der Waals surface area contributed by atoms with Crippen molar-refractivity contribution in [3.63, 3.8) is 0 Å². The number of rotatable bonds is 12. The predicted octanol–water partition coefficient (Wildman–Crippen LogP) is 2.14. The topological polar surface area (TPSA) is 46.2 Å². The van der Waals surface area contributed by atoms with E-state index in [2.05, 4.69) is 24.3 Å². The van der Waals surface area contributed by atoms with Gasteiger partial charge in [0, 0.05) is 17.5 Å². The molecule has 1 fully saturated rings. The molecule has 1 heterocycles. The zero-order valence-electron chi connectivity index (χ0n) is 14.5. The quantitative estimate of drug-likeness (QED) is 0.424. The number of hydrogen-bond acceptors (Lipinski definition) is 5. The molecule has 0 saturated carbocycles. The highest BCUT2D eigenvalue weighted by Gasteiger charge is 2.24. The molecule has 1 saturated heterocycles. The Kier molecular flexibility index (Phi) is 10.2. The maximum Gasteiger partial charge on any atom is 0.155 e. The normalized spacial score (nSPS) is 15.5. The van der Waals surface area contributed by atoms with Crippen molar-refractivity contribution in [2.75, 3.05) is 71.0 Å². The predicted molar refractivity (Wildman–Crippen MR) is 96.3 cm³/mol. The molecule has 0 aromatic heterocycles. The molecule has 1 aromatic carbocycles. The third-order valence-electron chi connectivity index (χ3n) is 3.55. The molecule has 0 atom stereocenters. The van der Waals surface area contributed by atoms with E-state index in [4.69, 9.17) is 23.7 Å². The number of benzene rings is 1. The van der Waals surface area contributed by atoms with Crippen molar-refractivity contribution >= 4 is 10.9 Å². The van der Waals surface area contributed by atoms with Crippen LogP contribution in [0.2, 0.25) is 0 Å². The molecular formula is C18H29O5S+. The monoisotopic (exact) mass is 357 g/mol. The Morgan fingerprint density at radius 2 is 1.42 bits per heavy atom. The van der Waals surface area contributed by atoms with Crippen LogP contribution >= 0.6 is 0 Å². The van der Waals surface area contributed by atoms with Crippen LogP contribution in [0.15, 0.2) is 29.2 Å². The van der Waals surface area contributed by atoms with Gasteiger partial charge in [0.2, 0.25) is 0 Å². The molecular weight excluding hydrogens is 328 g/mol. The average Bonchev–Trinajstić information content (AvgIpc) is 2.64. The molecule has 0 N–H and O–H groups in total. The van der Waals surface area contributed by atoms with Crippen LogP contribution in [0, 0.1) is 0 Å². The van der Waals surface area contributed by atoms with Crippen molar-refractivity contribution in [3.05, 3.63) is 24.3 Å². The second-order valence-electron chi connectivity index (χ2n) is 5.25. The van der Waals surface area contributed by atoms with Crippen molar-refractivity contribution in [1.29, 1.82) is 0 Å². The smallest absolute Gasteiger partial charge is 0.155 e. The molecule has 136 valence electrons. The summed E-state index contributed by atoms with van der Waals surface area (Å²) in [5.41, 5.74) is 0. The van der Waals surface area contributed by atoms with E-state index in [0.717, 1.165) is 37.1 Å². The van der Waals surface area contributed by atoms with E-state index in [1.165, 1.54) is 4.90 Å². The Hall–Kier alpha value is -0.790. The molecule has 1 aliphatic heterocycles. The fourth-order valence-corrected chi connectivity index (χ4v) is 4.12. The second kappa shape index (κ2) is 12.6. The zero-order chi connectivity index (χ0) is 16.9. The molecule has 0 radical (unpaired) electrons. The van der Waals surface area contributed by atoms with E-state index in [0.29, 0.717) is 50.5 Å². The van der Waals surface area contributed by atoms with Crippen molar-refractivity contribution < 1.29 is 23.7 Å². The fraction of sp³-hybridized carbons (Fsp3) is 0.667. The lowest BCUT2D eigenvalue weighted by molar-refractivity contribution is 0.0114. The summed E-state index contributed by atoms with van der Waals surface area (Å²) in [7, 11) is 0.341. The van der Waals surface area contributed by atoms with Crippen molar-refractivity contribution in [1.82, 2.24) is 0 Å².